The van der Waals surface area contributed by atoms with E-state index in [0.717, 1.165) is 28.0 Å². The van der Waals surface area contributed by atoms with Gasteiger partial charge in [0.15, 0.2) is 0 Å². The Bertz CT molecular complexity index is 622. The fraction of sp³-hybridized carbons (Fsp3) is 0.286. The van der Waals surface area contributed by atoms with Crippen LogP contribution in [0.25, 0.3) is 11.4 Å². The summed E-state index contributed by atoms with van der Waals surface area (Å²) in [6, 6.07) is 8.31. The second-order valence-corrected chi connectivity index (χ2v) is 5.35. The molecule has 0 spiro atoms. The van der Waals surface area contributed by atoms with E-state index in [-0.39, 0.29) is 0 Å². The van der Waals surface area contributed by atoms with Gasteiger partial charge >= 0.3 is 0 Å². The molecular formula is C14H15BrN2OS. The highest BCUT2D eigenvalue weighted by atomic mass is 79.9. The number of ether oxygens (including phenoxy) is 1. The molecule has 0 amide bonds. The molecule has 0 fully saturated rings. The van der Waals surface area contributed by atoms with Gasteiger partial charge in [-0.25, -0.2) is 4.98 Å². The van der Waals surface area contributed by atoms with Crippen LogP contribution in [0.5, 0.6) is 0 Å². The van der Waals surface area contributed by atoms with Gasteiger partial charge in [0.1, 0.15) is 10.5 Å². The van der Waals surface area contributed by atoms with Gasteiger partial charge in [0.05, 0.1) is 16.8 Å². The van der Waals surface area contributed by atoms with Crippen LogP contribution in [-0.4, -0.2) is 17.1 Å². The van der Waals surface area contributed by atoms with Crippen LogP contribution in [0.4, 0.5) is 0 Å². The summed E-state index contributed by atoms with van der Waals surface area (Å²) in [5.41, 5.74) is 3.22. The lowest BCUT2D eigenvalue weighted by Gasteiger charge is -2.08. The van der Waals surface area contributed by atoms with E-state index in [4.69, 9.17) is 17.0 Å². The number of halogens is 1. The van der Waals surface area contributed by atoms with Crippen LogP contribution in [0.2, 0.25) is 0 Å². The third-order valence-electron chi connectivity index (χ3n) is 2.86. The Kier molecular flexibility index (Phi) is 4.85. The molecule has 0 unspecified atom stereocenters. The maximum Gasteiger partial charge on any atom is 0.144 e. The van der Waals surface area contributed by atoms with Gasteiger partial charge in [0.25, 0.3) is 0 Å². The first kappa shape index (κ1) is 14.4. The average molecular weight is 339 g/mol. The van der Waals surface area contributed by atoms with Crippen molar-refractivity contribution in [2.24, 2.45) is 0 Å². The molecule has 0 aliphatic heterocycles. The summed E-state index contributed by atoms with van der Waals surface area (Å²) in [7, 11) is 1.65. The molecule has 0 aliphatic rings. The number of rotatable bonds is 4. The van der Waals surface area contributed by atoms with E-state index in [1.54, 1.807) is 7.11 Å². The molecule has 0 radical (unpaired) electrons. The summed E-state index contributed by atoms with van der Waals surface area (Å²) in [6.45, 7) is 2.60. The minimum atomic E-state index is 0.465. The highest BCUT2D eigenvalue weighted by Crippen LogP contribution is 2.22. The predicted octanol–water partition coefficient (Wildman–Crippen LogP) is 4.28. The Balaban J connectivity index is 2.46. The van der Waals surface area contributed by atoms with Crippen molar-refractivity contribution in [3.8, 4) is 11.4 Å². The number of benzene rings is 1. The maximum absolute atomic E-state index is 5.26. The molecule has 1 heterocycles. The van der Waals surface area contributed by atoms with Gasteiger partial charge in [-0.1, -0.05) is 43.4 Å². The Morgan fingerprint density at radius 3 is 2.58 bits per heavy atom. The van der Waals surface area contributed by atoms with Crippen LogP contribution >= 0.6 is 28.1 Å². The van der Waals surface area contributed by atoms with Crippen molar-refractivity contribution in [3.63, 3.8) is 0 Å². The molecule has 0 atom stereocenters. The van der Waals surface area contributed by atoms with Crippen molar-refractivity contribution >= 4 is 28.1 Å². The second-order valence-electron chi connectivity index (χ2n) is 4.17. The monoisotopic (exact) mass is 338 g/mol. The van der Waals surface area contributed by atoms with E-state index in [0.29, 0.717) is 11.2 Å². The lowest BCUT2D eigenvalue weighted by Crippen LogP contribution is -2.00. The molecule has 100 valence electrons. The standard InChI is InChI=1S/C14H15BrN2OS/c1-3-9-4-6-10(7-5-9)13-16-11(8-18-2)12(15)14(19)17-13/h4-7H,3,8H2,1-2H3,(H,16,17,19). The number of aromatic nitrogens is 2. The van der Waals surface area contributed by atoms with E-state index in [2.05, 4.69) is 57.1 Å². The number of hydrogen-bond donors (Lipinski definition) is 1. The van der Waals surface area contributed by atoms with Gasteiger partial charge < -0.3 is 9.72 Å². The van der Waals surface area contributed by atoms with Crippen LogP contribution in [0, 0.1) is 4.64 Å². The number of H-pyrrole nitrogens is 1. The molecule has 2 rings (SSSR count). The summed E-state index contributed by atoms with van der Waals surface area (Å²) in [5.74, 6) is 0.767. The first-order valence-corrected chi connectivity index (χ1v) is 7.22. The topological polar surface area (TPSA) is 37.9 Å². The van der Waals surface area contributed by atoms with E-state index in [1.165, 1.54) is 5.56 Å². The van der Waals surface area contributed by atoms with Crippen molar-refractivity contribution in [2.45, 2.75) is 20.0 Å². The van der Waals surface area contributed by atoms with Crippen molar-refractivity contribution in [1.82, 2.24) is 9.97 Å². The maximum atomic E-state index is 5.26. The summed E-state index contributed by atoms with van der Waals surface area (Å²) in [6.07, 6.45) is 1.03. The predicted molar refractivity (Wildman–Crippen MR) is 82.6 cm³/mol. The van der Waals surface area contributed by atoms with Crippen LogP contribution in [-0.2, 0) is 17.8 Å². The smallest absolute Gasteiger partial charge is 0.144 e. The molecule has 0 aliphatic carbocycles. The summed E-state index contributed by atoms with van der Waals surface area (Å²) in [4.78, 5) is 7.66. The van der Waals surface area contributed by atoms with Crippen molar-refractivity contribution < 1.29 is 4.74 Å². The van der Waals surface area contributed by atoms with Gasteiger partial charge in [0, 0.05) is 12.7 Å². The van der Waals surface area contributed by atoms with E-state index in [9.17, 15) is 0 Å². The Morgan fingerprint density at radius 1 is 1.32 bits per heavy atom. The Morgan fingerprint density at radius 2 is 2.00 bits per heavy atom. The lowest BCUT2D eigenvalue weighted by atomic mass is 10.1. The normalized spacial score (nSPS) is 10.7. The molecule has 0 saturated heterocycles. The summed E-state index contributed by atoms with van der Waals surface area (Å²) in [5, 5.41) is 0. The number of nitrogens with one attached hydrogen (secondary N) is 1. The number of aromatic amines is 1. The van der Waals surface area contributed by atoms with Gasteiger partial charge in [-0.3, -0.25) is 0 Å². The molecule has 19 heavy (non-hydrogen) atoms. The molecule has 0 bridgehead atoms. The van der Waals surface area contributed by atoms with Crippen molar-refractivity contribution in [1.29, 1.82) is 0 Å². The highest BCUT2D eigenvalue weighted by Gasteiger charge is 2.07. The first-order chi connectivity index (χ1) is 9.15. The first-order valence-electron chi connectivity index (χ1n) is 6.02. The highest BCUT2D eigenvalue weighted by molar-refractivity contribution is 9.10. The number of hydrogen-bond acceptors (Lipinski definition) is 3. The second kappa shape index (κ2) is 6.41. The minimum Gasteiger partial charge on any atom is -0.378 e. The molecule has 2 aromatic rings. The SMILES string of the molecule is CCc1ccc(-c2nc(=S)c(Br)c(COC)[nH]2)cc1. The fourth-order valence-electron chi connectivity index (χ4n) is 1.78. The Hall–Kier alpha value is -1.04. The number of methoxy groups -OCH3 is 1. The van der Waals surface area contributed by atoms with E-state index >= 15 is 0 Å². The van der Waals surface area contributed by atoms with E-state index in [1.807, 2.05) is 0 Å². The van der Waals surface area contributed by atoms with Crippen LogP contribution < -0.4 is 0 Å². The Labute approximate surface area is 126 Å². The van der Waals surface area contributed by atoms with Crippen molar-refractivity contribution in [2.75, 3.05) is 7.11 Å². The third kappa shape index (κ3) is 3.29. The number of aryl methyl sites for hydroxylation is 1. The van der Waals surface area contributed by atoms with Crippen molar-refractivity contribution in [3.05, 3.63) is 44.6 Å². The van der Waals surface area contributed by atoms with Crippen LogP contribution in [0.3, 0.4) is 0 Å². The molecule has 5 heteroatoms. The molecular weight excluding hydrogens is 324 g/mol. The van der Waals surface area contributed by atoms with Crippen LogP contribution in [0.1, 0.15) is 18.2 Å². The van der Waals surface area contributed by atoms with E-state index < -0.39 is 0 Å². The average Bonchev–Trinajstić information content (AvgIpc) is 2.44. The fourth-order valence-corrected chi connectivity index (χ4v) is 2.30. The minimum absolute atomic E-state index is 0.465. The molecule has 1 aromatic heterocycles. The zero-order chi connectivity index (χ0) is 13.8. The van der Waals surface area contributed by atoms with Crippen LogP contribution in [0.15, 0.2) is 28.7 Å². The quantitative estimate of drug-likeness (QED) is 0.845. The molecule has 0 saturated carbocycles. The van der Waals surface area contributed by atoms with Gasteiger partial charge in [-0.2, -0.15) is 0 Å². The molecule has 3 nitrogen and oxygen atoms in total. The third-order valence-corrected chi connectivity index (χ3v) is 4.27. The summed E-state index contributed by atoms with van der Waals surface area (Å²) < 4.78 is 6.49. The molecule has 1 aromatic carbocycles. The zero-order valence-electron chi connectivity index (χ0n) is 10.9. The zero-order valence-corrected chi connectivity index (χ0v) is 13.3. The summed E-state index contributed by atoms with van der Waals surface area (Å²) >= 11 is 8.69. The lowest BCUT2D eigenvalue weighted by molar-refractivity contribution is 0.181. The largest absolute Gasteiger partial charge is 0.378 e. The van der Waals surface area contributed by atoms with Gasteiger partial charge in [-0.05, 0) is 27.9 Å². The van der Waals surface area contributed by atoms with Gasteiger partial charge in [-0.15, -0.1) is 0 Å². The number of nitrogens with zero attached hydrogens (tertiary/aromatic N) is 1. The molecule has 1 N–H and O–H groups in total. The van der Waals surface area contributed by atoms with Gasteiger partial charge in [0.2, 0.25) is 0 Å².